The van der Waals surface area contributed by atoms with Crippen LogP contribution < -0.4 is 0 Å². The first-order valence-corrected chi connectivity index (χ1v) is 10.1. The van der Waals surface area contributed by atoms with Crippen LogP contribution in [0.2, 0.25) is 0 Å². The summed E-state index contributed by atoms with van der Waals surface area (Å²) < 4.78 is 30.3. The van der Waals surface area contributed by atoms with Gasteiger partial charge in [-0.25, -0.2) is 17.5 Å². The van der Waals surface area contributed by atoms with Crippen molar-refractivity contribution in [1.82, 2.24) is 9.21 Å². The molecular formula is C18H26N2O5S. The van der Waals surface area contributed by atoms with Crippen LogP contribution >= 0.6 is 0 Å². The third-order valence-corrected chi connectivity index (χ3v) is 6.51. The average Bonchev–Trinajstić information content (AvgIpc) is 2.59. The van der Waals surface area contributed by atoms with Gasteiger partial charge in [-0.3, -0.25) is 4.79 Å². The molecule has 2 rings (SSSR count). The molecule has 1 amide bonds. The maximum Gasteiger partial charge on any atom is 0.338 e. The first-order chi connectivity index (χ1) is 12.1. The lowest BCUT2D eigenvalue weighted by molar-refractivity contribution is -0.140. The summed E-state index contributed by atoms with van der Waals surface area (Å²) in [7, 11) is -0.679. The molecule has 0 saturated carbocycles. The number of hydrogen-bond donors (Lipinski definition) is 0. The van der Waals surface area contributed by atoms with E-state index >= 15 is 0 Å². The van der Waals surface area contributed by atoms with Crippen molar-refractivity contribution in [2.24, 2.45) is 0 Å². The van der Waals surface area contributed by atoms with Gasteiger partial charge in [0.1, 0.15) is 0 Å². The number of likely N-dealkylation sites (tertiary alicyclic amines) is 1. The van der Waals surface area contributed by atoms with Gasteiger partial charge < -0.3 is 9.64 Å². The van der Waals surface area contributed by atoms with Crippen LogP contribution in [0.3, 0.4) is 0 Å². The molecule has 2 atom stereocenters. The quantitative estimate of drug-likeness (QED) is 0.726. The van der Waals surface area contributed by atoms with Gasteiger partial charge in [-0.15, -0.1) is 0 Å². The van der Waals surface area contributed by atoms with Crippen molar-refractivity contribution in [2.75, 3.05) is 20.7 Å². The van der Waals surface area contributed by atoms with Crippen LogP contribution in [-0.4, -0.2) is 62.3 Å². The van der Waals surface area contributed by atoms with E-state index in [1.54, 1.807) is 4.90 Å². The number of benzene rings is 1. The molecule has 0 aliphatic carbocycles. The van der Waals surface area contributed by atoms with E-state index in [9.17, 15) is 18.0 Å². The lowest BCUT2D eigenvalue weighted by Crippen LogP contribution is -2.49. The minimum atomic E-state index is -3.55. The predicted molar refractivity (Wildman–Crippen MR) is 97.2 cm³/mol. The van der Waals surface area contributed by atoms with Crippen LogP contribution in [0, 0.1) is 0 Å². The van der Waals surface area contributed by atoms with Gasteiger partial charge in [0.15, 0.2) is 6.61 Å². The molecule has 0 radical (unpaired) electrons. The predicted octanol–water partition coefficient (Wildman–Crippen LogP) is 1.88. The van der Waals surface area contributed by atoms with Crippen molar-refractivity contribution in [3.63, 3.8) is 0 Å². The van der Waals surface area contributed by atoms with E-state index in [1.807, 2.05) is 13.8 Å². The Labute approximate surface area is 155 Å². The maximum absolute atomic E-state index is 12.4. The van der Waals surface area contributed by atoms with E-state index in [1.165, 1.54) is 38.4 Å². The van der Waals surface area contributed by atoms with Crippen LogP contribution in [0.1, 0.15) is 43.5 Å². The number of esters is 1. The molecule has 0 N–H and O–H groups in total. The summed E-state index contributed by atoms with van der Waals surface area (Å²) >= 11 is 0. The first-order valence-electron chi connectivity index (χ1n) is 8.65. The highest BCUT2D eigenvalue weighted by atomic mass is 32.2. The van der Waals surface area contributed by atoms with Gasteiger partial charge in [0.25, 0.3) is 5.91 Å². The Morgan fingerprint density at radius 2 is 1.65 bits per heavy atom. The summed E-state index contributed by atoms with van der Waals surface area (Å²) in [6.07, 6.45) is 2.99. The highest BCUT2D eigenvalue weighted by Crippen LogP contribution is 2.22. The Kier molecular flexibility index (Phi) is 6.41. The van der Waals surface area contributed by atoms with Gasteiger partial charge in [0.05, 0.1) is 10.5 Å². The van der Waals surface area contributed by atoms with Gasteiger partial charge in [0.2, 0.25) is 10.0 Å². The van der Waals surface area contributed by atoms with E-state index in [-0.39, 0.29) is 35.1 Å². The van der Waals surface area contributed by atoms with E-state index < -0.39 is 16.0 Å². The number of piperidine rings is 1. The van der Waals surface area contributed by atoms with Crippen LogP contribution in [0.5, 0.6) is 0 Å². The Morgan fingerprint density at radius 3 is 2.15 bits per heavy atom. The smallest absolute Gasteiger partial charge is 0.338 e. The number of ether oxygens (including phenoxy) is 1. The molecular weight excluding hydrogens is 356 g/mol. The van der Waals surface area contributed by atoms with Crippen molar-refractivity contribution < 1.29 is 22.7 Å². The van der Waals surface area contributed by atoms with E-state index in [0.29, 0.717) is 0 Å². The standard InChI is InChI=1S/C18H26N2O5S/c1-13-6-5-7-14(2)20(13)17(21)12-25-18(22)15-8-10-16(11-9-15)26(23,24)19(3)4/h8-11,13-14H,5-7,12H2,1-4H3/t13-,14-/m1/s1. The van der Waals surface area contributed by atoms with Crippen LogP contribution in [0.15, 0.2) is 29.2 Å². The number of carbonyl (C=O) groups is 2. The number of nitrogens with zero attached hydrogens (tertiary/aromatic N) is 2. The third-order valence-electron chi connectivity index (χ3n) is 4.68. The lowest BCUT2D eigenvalue weighted by atomic mass is 9.97. The molecule has 7 nitrogen and oxygen atoms in total. The molecule has 1 saturated heterocycles. The molecule has 1 fully saturated rings. The number of sulfonamides is 1. The molecule has 0 bridgehead atoms. The van der Waals surface area contributed by atoms with E-state index in [0.717, 1.165) is 23.6 Å². The Morgan fingerprint density at radius 1 is 1.12 bits per heavy atom. The summed E-state index contributed by atoms with van der Waals surface area (Å²) in [5, 5.41) is 0. The summed E-state index contributed by atoms with van der Waals surface area (Å²) in [6, 6.07) is 5.75. The van der Waals surface area contributed by atoms with Crippen LogP contribution in [-0.2, 0) is 19.6 Å². The summed E-state index contributed by atoms with van der Waals surface area (Å²) in [4.78, 5) is 26.4. The number of carbonyl (C=O) groups excluding carboxylic acids is 2. The van der Waals surface area contributed by atoms with Crippen molar-refractivity contribution in [3.8, 4) is 0 Å². The highest BCUT2D eigenvalue weighted by molar-refractivity contribution is 7.89. The third kappa shape index (κ3) is 4.42. The second-order valence-corrected chi connectivity index (χ2v) is 8.97. The first kappa shape index (κ1) is 20.4. The molecule has 8 heteroatoms. The monoisotopic (exact) mass is 382 g/mol. The molecule has 1 heterocycles. The Bertz CT molecular complexity index is 748. The highest BCUT2D eigenvalue weighted by Gasteiger charge is 2.29. The summed E-state index contributed by atoms with van der Waals surface area (Å²) in [6.45, 7) is 3.68. The molecule has 1 aliphatic heterocycles. The SMILES string of the molecule is C[C@@H]1CCC[C@@H](C)N1C(=O)COC(=O)c1ccc(S(=O)(=O)N(C)C)cc1. The molecule has 1 aromatic carbocycles. The molecule has 1 aliphatic rings. The van der Waals surface area contributed by atoms with Crippen LogP contribution in [0.25, 0.3) is 0 Å². The number of hydrogen-bond acceptors (Lipinski definition) is 5. The number of rotatable bonds is 5. The molecule has 0 aromatic heterocycles. The fraction of sp³-hybridized carbons (Fsp3) is 0.556. The molecule has 1 aromatic rings. The number of amides is 1. The topological polar surface area (TPSA) is 84.0 Å². The van der Waals surface area contributed by atoms with Crippen molar-refractivity contribution in [3.05, 3.63) is 29.8 Å². The van der Waals surface area contributed by atoms with Gasteiger partial charge in [-0.1, -0.05) is 0 Å². The second kappa shape index (κ2) is 8.18. The Hall–Kier alpha value is -1.93. The maximum atomic E-state index is 12.4. The van der Waals surface area contributed by atoms with Gasteiger partial charge in [0, 0.05) is 26.2 Å². The van der Waals surface area contributed by atoms with Gasteiger partial charge >= 0.3 is 5.97 Å². The second-order valence-electron chi connectivity index (χ2n) is 6.82. The fourth-order valence-corrected chi connectivity index (χ4v) is 4.07. The lowest BCUT2D eigenvalue weighted by Gasteiger charge is -2.38. The van der Waals surface area contributed by atoms with Crippen molar-refractivity contribution >= 4 is 21.9 Å². The molecule has 26 heavy (non-hydrogen) atoms. The van der Waals surface area contributed by atoms with E-state index in [4.69, 9.17) is 4.74 Å². The zero-order chi connectivity index (χ0) is 19.5. The Balaban J connectivity index is 1.99. The summed E-state index contributed by atoms with van der Waals surface area (Å²) in [5.41, 5.74) is 0.204. The molecule has 144 valence electrons. The van der Waals surface area contributed by atoms with Gasteiger partial charge in [-0.2, -0.15) is 0 Å². The fourth-order valence-electron chi connectivity index (χ4n) is 3.17. The minimum Gasteiger partial charge on any atom is -0.452 e. The molecule has 0 spiro atoms. The zero-order valence-electron chi connectivity index (χ0n) is 15.6. The zero-order valence-corrected chi connectivity index (χ0v) is 16.5. The van der Waals surface area contributed by atoms with Crippen molar-refractivity contribution in [2.45, 2.75) is 50.1 Å². The summed E-state index contributed by atoms with van der Waals surface area (Å²) in [5.74, 6) is -0.852. The van der Waals surface area contributed by atoms with E-state index in [2.05, 4.69) is 0 Å². The van der Waals surface area contributed by atoms with Crippen LogP contribution in [0.4, 0.5) is 0 Å². The average molecular weight is 382 g/mol. The normalized spacial score (nSPS) is 20.9. The largest absolute Gasteiger partial charge is 0.452 e. The molecule has 0 unspecified atom stereocenters. The van der Waals surface area contributed by atoms with Gasteiger partial charge in [-0.05, 0) is 57.4 Å². The van der Waals surface area contributed by atoms with Crippen molar-refractivity contribution in [1.29, 1.82) is 0 Å². The minimum absolute atomic E-state index is 0.0890.